The molecule has 2 unspecified atom stereocenters. The van der Waals surface area contributed by atoms with E-state index in [2.05, 4.69) is 35.9 Å². The van der Waals surface area contributed by atoms with Crippen LogP contribution in [0, 0.1) is 0 Å². The maximum Gasteiger partial charge on any atom is 0.321 e. The predicted molar refractivity (Wildman–Crippen MR) is 84.2 cm³/mol. The van der Waals surface area contributed by atoms with E-state index in [0.717, 1.165) is 12.8 Å². The molecule has 20 heavy (non-hydrogen) atoms. The first-order valence-corrected chi connectivity index (χ1v) is 8.08. The molecular weight excluding hydrogens is 296 g/mol. The topological polar surface area (TPSA) is 64.7 Å². The first-order valence-electron chi connectivity index (χ1n) is 6.82. The minimum absolute atomic E-state index is 0.146. The van der Waals surface area contributed by atoms with Gasteiger partial charge in [0.1, 0.15) is 0 Å². The van der Waals surface area contributed by atoms with Gasteiger partial charge in [-0.15, -0.1) is 0 Å². The molecule has 2 N–H and O–H groups in total. The van der Waals surface area contributed by atoms with Crippen LogP contribution in [0.3, 0.4) is 0 Å². The zero-order chi connectivity index (χ0) is 15.0. The van der Waals surface area contributed by atoms with Gasteiger partial charge in [0, 0.05) is 13.1 Å². The van der Waals surface area contributed by atoms with Crippen molar-refractivity contribution in [3.8, 4) is 0 Å². The minimum atomic E-state index is -0.735. The molecule has 2 aliphatic rings. The average molecular weight is 318 g/mol. The maximum atomic E-state index is 12.2. The van der Waals surface area contributed by atoms with Crippen molar-refractivity contribution >= 4 is 37.3 Å². The van der Waals surface area contributed by atoms with Crippen molar-refractivity contribution < 1.29 is 9.59 Å². The zero-order valence-corrected chi connectivity index (χ0v) is 13.6. The van der Waals surface area contributed by atoms with Crippen LogP contribution >= 0.6 is 25.3 Å². The van der Waals surface area contributed by atoms with E-state index in [4.69, 9.17) is 0 Å². The molecule has 2 rings (SSSR count). The summed E-state index contributed by atoms with van der Waals surface area (Å²) in [4.78, 5) is 27.8. The first-order chi connectivity index (χ1) is 9.40. The molecule has 2 saturated heterocycles. The van der Waals surface area contributed by atoms with Crippen molar-refractivity contribution in [1.82, 2.24) is 20.4 Å². The van der Waals surface area contributed by atoms with Gasteiger partial charge in [0.05, 0.1) is 0 Å². The molecule has 0 aromatic heterocycles. The molecule has 4 amide bonds. The van der Waals surface area contributed by atoms with Crippen LogP contribution in [0.1, 0.15) is 26.7 Å². The van der Waals surface area contributed by atoms with E-state index in [0.29, 0.717) is 24.6 Å². The molecular formula is C12H22N4O2S2. The highest BCUT2D eigenvalue weighted by Crippen LogP contribution is 2.40. The zero-order valence-electron chi connectivity index (χ0n) is 11.8. The summed E-state index contributed by atoms with van der Waals surface area (Å²) in [7, 11) is 0. The molecule has 114 valence electrons. The van der Waals surface area contributed by atoms with Crippen LogP contribution in [-0.4, -0.2) is 57.8 Å². The highest BCUT2D eigenvalue weighted by molar-refractivity contribution is 7.80. The van der Waals surface area contributed by atoms with Crippen LogP contribution in [0.15, 0.2) is 0 Å². The Balaban J connectivity index is 2.26. The predicted octanol–water partition coefficient (Wildman–Crippen LogP) is 1.11. The van der Waals surface area contributed by atoms with Crippen molar-refractivity contribution in [3.63, 3.8) is 0 Å². The molecule has 2 fully saturated rings. The highest BCUT2D eigenvalue weighted by Gasteiger charge is 2.66. The monoisotopic (exact) mass is 318 g/mol. The van der Waals surface area contributed by atoms with Crippen LogP contribution in [-0.2, 0) is 0 Å². The third-order valence-electron chi connectivity index (χ3n) is 4.30. The summed E-state index contributed by atoms with van der Waals surface area (Å²) in [6.07, 6.45) is 1.57. The molecule has 0 spiro atoms. The second kappa shape index (κ2) is 5.55. The Labute approximate surface area is 130 Å². The fourth-order valence-corrected chi connectivity index (χ4v) is 3.25. The summed E-state index contributed by atoms with van der Waals surface area (Å²) < 4.78 is 0. The quantitative estimate of drug-likeness (QED) is 0.554. The van der Waals surface area contributed by atoms with Gasteiger partial charge in [0.25, 0.3) is 0 Å². The number of rotatable bonds is 6. The molecule has 0 bridgehead atoms. The number of carbonyl (C=O) groups excluding carboxylic acids is 2. The second-order valence-electron chi connectivity index (χ2n) is 5.46. The Kier molecular flexibility index (Phi) is 4.34. The van der Waals surface area contributed by atoms with E-state index in [1.54, 1.807) is 9.80 Å². The molecule has 0 aromatic carbocycles. The molecule has 8 heteroatoms. The summed E-state index contributed by atoms with van der Waals surface area (Å²) >= 11 is 8.37. The van der Waals surface area contributed by atoms with Gasteiger partial charge in [0.15, 0.2) is 11.3 Å². The number of hydrogen-bond acceptors (Lipinski definition) is 4. The van der Waals surface area contributed by atoms with E-state index in [9.17, 15) is 9.59 Å². The summed E-state index contributed by atoms with van der Waals surface area (Å²) in [6.45, 7) is 4.92. The van der Waals surface area contributed by atoms with Crippen LogP contribution in [0.4, 0.5) is 9.59 Å². The molecule has 2 aliphatic heterocycles. The van der Waals surface area contributed by atoms with Gasteiger partial charge >= 0.3 is 12.1 Å². The van der Waals surface area contributed by atoms with Crippen molar-refractivity contribution in [1.29, 1.82) is 0 Å². The SMILES string of the molecule is CC12NC(=O)N(CCCS)C1(C)NC(=O)N2CCCS. The third-order valence-corrected chi connectivity index (χ3v) is 4.93. The Bertz CT molecular complexity index is 384. The van der Waals surface area contributed by atoms with Crippen molar-refractivity contribution in [2.45, 2.75) is 38.0 Å². The lowest BCUT2D eigenvalue weighted by molar-refractivity contribution is 0.0605. The molecule has 2 atom stereocenters. The Morgan fingerprint density at radius 2 is 1.25 bits per heavy atom. The Morgan fingerprint density at radius 3 is 1.55 bits per heavy atom. The molecule has 0 saturated carbocycles. The van der Waals surface area contributed by atoms with E-state index in [1.165, 1.54) is 0 Å². The molecule has 0 radical (unpaired) electrons. The van der Waals surface area contributed by atoms with Gasteiger partial charge in [-0.3, -0.25) is 9.80 Å². The average Bonchev–Trinajstić information content (AvgIpc) is 2.67. The normalized spacial score (nSPS) is 32.4. The fraction of sp³-hybridized carbons (Fsp3) is 0.833. The number of fused-ring (bicyclic) bond motifs is 1. The van der Waals surface area contributed by atoms with Crippen molar-refractivity contribution in [2.75, 3.05) is 24.6 Å². The van der Waals surface area contributed by atoms with Crippen LogP contribution in [0.25, 0.3) is 0 Å². The van der Waals surface area contributed by atoms with Gasteiger partial charge < -0.3 is 10.6 Å². The summed E-state index contributed by atoms with van der Waals surface area (Å²) in [5.41, 5.74) is -1.47. The number of nitrogens with one attached hydrogen (secondary N) is 2. The fourth-order valence-electron chi connectivity index (χ4n) is 2.97. The smallest absolute Gasteiger partial charge is 0.311 e. The molecule has 0 aliphatic carbocycles. The standard InChI is InChI=1S/C12H22N4O2S2/c1-11-12(2,14-10(18)15(11)5-3-7-19)16(6-4-8-20)9(17)13-11/h19-20H,3-8H2,1-2H3,(H,13,17)(H,14,18). The maximum absolute atomic E-state index is 12.2. The van der Waals surface area contributed by atoms with Crippen molar-refractivity contribution in [3.05, 3.63) is 0 Å². The Morgan fingerprint density at radius 1 is 0.900 bits per heavy atom. The van der Waals surface area contributed by atoms with Gasteiger partial charge in [-0.25, -0.2) is 9.59 Å². The third kappa shape index (κ3) is 2.13. The van der Waals surface area contributed by atoms with Gasteiger partial charge in [-0.05, 0) is 38.2 Å². The minimum Gasteiger partial charge on any atom is -0.311 e. The Hall–Kier alpha value is -0.760. The largest absolute Gasteiger partial charge is 0.321 e. The van der Waals surface area contributed by atoms with Gasteiger partial charge in [0.2, 0.25) is 0 Å². The first kappa shape index (κ1) is 15.6. The number of urea groups is 2. The van der Waals surface area contributed by atoms with E-state index in [-0.39, 0.29) is 12.1 Å². The number of thiol groups is 2. The molecule has 0 aromatic rings. The van der Waals surface area contributed by atoms with Crippen LogP contribution in [0.2, 0.25) is 0 Å². The van der Waals surface area contributed by atoms with Crippen molar-refractivity contribution in [2.24, 2.45) is 0 Å². The lowest BCUT2D eigenvalue weighted by Crippen LogP contribution is -2.63. The number of nitrogens with zero attached hydrogens (tertiary/aromatic N) is 2. The lowest BCUT2D eigenvalue weighted by atomic mass is 9.97. The number of carbonyl (C=O) groups is 2. The van der Waals surface area contributed by atoms with E-state index >= 15 is 0 Å². The highest BCUT2D eigenvalue weighted by atomic mass is 32.1. The van der Waals surface area contributed by atoms with E-state index < -0.39 is 11.3 Å². The van der Waals surface area contributed by atoms with Crippen LogP contribution in [0.5, 0.6) is 0 Å². The summed E-state index contributed by atoms with van der Waals surface area (Å²) in [6, 6.07) is -0.291. The van der Waals surface area contributed by atoms with E-state index in [1.807, 2.05) is 13.8 Å². The van der Waals surface area contributed by atoms with Crippen LogP contribution < -0.4 is 10.6 Å². The summed E-state index contributed by atoms with van der Waals surface area (Å²) in [5, 5.41) is 5.92. The van der Waals surface area contributed by atoms with Gasteiger partial charge in [-0.1, -0.05) is 0 Å². The lowest BCUT2D eigenvalue weighted by Gasteiger charge is -2.40. The summed E-state index contributed by atoms with van der Waals surface area (Å²) in [5.74, 6) is 1.40. The second-order valence-corrected chi connectivity index (χ2v) is 6.36. The molecule has 6 nitrogen and oxygen atoms in total. The molecule has 2 heterocycles. The number of amides is 4. The van der Waals surface area contributed by atoms with Gasteiger partial charge in [-0.2, -0.15) is 25.3 Å². The number of hydrogen-bond donors (Lipinski definition) is 4.